The van der Waals surface area contributed by atoms with Gasteiger partial charge in [0.05, 0.1) is 18.2 Å². The summed E-state index contributed by atoms with van der Waals surface area (Å²) in [5.41, 5.74) is 2.87. The van der Waals surface area contributed by atoms with Crippen molar-refractivity contribution in [1.29, 1.82) is 0 Å². The van der Waals surface area contributed by atoms with E-state index in [-0.39, 0.29) is 17.1 Å². The third kappa shape index (κ3) is 4.40. The number of hydrogen-bond acceptors (Lipinski definition) is 6. The van der Waals surface area contributed by atoms with Crippen molar-refractivity contribution >= 4 is 11.3 Å². The predicted octanol–water partition coefficient (Wildman–Crippen LogP) is 4.86. The zero-order valence-electron chi connectivity index (χ0n) is 19.5. The fourth-order valence-electron chi connectivity index (χ4n) is 6.18. The van der Waals surface area contributed by atoms with Gasteiger partial charge in [0.25, 0.3) is 0 Å². The summed E-state index contributed by atoms with van der Waals surface area (Å²) in [4.78, 5) is 8.48. The molecule has 1 saturated carbocycles. The lowest BCUT2D eigenvalue weighted by atomic mass is 9.68. The summed E-state index contributed by atoms with van der Waals surface area (Å²) < 4.78 is 12.7. The van der Waals surface area contributed by atoms with Gasteiger partial charge in [-0.25, -0.2) is 0 Å². The van der Waals surface area contributed by atoms with E-state index in [2.05, 4.69) is 47.9 Å². The van der Waals surface area contributed by atoms with Crippen LogP contribution in [0, 0.1) is 0 Å². The van der Waals surface area contributed by atoms with E-state index in [0.29, 0.717) is 6.04 Å². The van der Waals surface area contributed by atoms with Crippen molar-refractivity contribution in [2.75, 3.05) is 40.4 Å². The molecule has 4 heterocycles. The molecule has 2 unspecified atom stereocenters. The van der Waals surface area contributed by atoms with E-state index >= 15 is 0 Å². The fraction of sp³-hybridized carbons (Fsp3) is 0.654. The summed E-state index contributed by atoms with van der Waals surface area (Å²) in [6.07, 6.45) is 10.4. The van der Waals surface area contributed by atoms with Gasteiger partial charge in [-0.3, -0.25) is 4.98 Å². The van der Waals surface area contributed by atoms with Crippen LogP contribution in [0.4, 0.5) is 0 Å². The van der Waals surface area contributed by atoms with Crippen LogP contribution in [0.2, 0.25) is 0 Å². The van der Waals surface area contributed by atoms with Gasteiger partial charge in [0, 0.05) is 35.3 Å². The van der Waals surface area contributed by atoms with Crippen molar-refractivity contribution in [3.63, 3.8) is 0 Å². The Morgan fingerprint density at radius 1 is 1.19 bits per heavy atom. The quantitative estimate of drug-likeness (QED) is 0.604. The third-order valence-corrected chi connectivity index (χ3v) is 8.96. The minimum Gasteiger partial charge on any atom is -0.375 e. The van der Waals surface area contributed by atoms with E-state index in [9.17, 15) is 0 Å². The van der Waals surface area contributed by atoms with Crippen LogP contribution in [0.3, 0.4) is 0 Å². The number of aromatic nitrogens is 1. The summed E-state index contributed by atoms with van der Waals surface area (Å²) in [7, 11) is 4.27. The van der Waals surface area contributed by atoms with Gasteiger partial charge in [0.1, 0.15) is 6.10 Å². The van der Waals surface area contributed by atoms with E-state index in [0.717, 1.165) is 45.6 Å². The Morgan fingerprint density at radius 2 is 2.06 bits per heavy atom. The molecule has 2 aromatic rings. The van der Waals surface area contributed by atoms with E-state index in [1.54, 1.807) is 0 Å². The average Bonchev–Trinajstić information content (AvgIpc) is 3.47. The zero-order chi connectivity index (χ0) is 22.0. The minimum atomic E-state index is 0.0787. The van der Waals surface area contributed by atoms with Crippen molar-refractivity contribution in [3.05, 3.63) is 52.0 Å². The molecule has 2 aromatic heterocycles. The predicted molar refractivity (Wildman–Crippen MR) is 129 cm³/mol. The number of pyridine rings is 1. The normalized spacial score (nSPS) is 29.5. The second kappa shape index (κ2) is 9.51. The molecule has 1 saturated heterocycles. The topological polar surface area (TPSA) is 46.6 Å². The summed E-state index contributed by atoms with van der Waals surface area (Å²) in [5.74, 6) is 0. The largest absolute Gasteiger partial charge is 0.375 e. The van der Waals surface area contributed by atoms with E-state index in [1.165, 1.54) is 41.8 Å². The van der Waals surface area contributed by atoms with Crippen LogP contribution in [0.5, 0.6) is 0 Å². The molecule has 0 aromatic carbocycles. The van der Waals surface area contributed by atoms with Crippen molar-refractivity contribution in [3.8, 4) is 0 Å². The van der Waals surface area contributed by atoms with Gasteiger partial charge in [-0.05, 0) is 81.9 Å². The molecule has 6 heteroatoms. The molecule has 1 aliphatic carbocycles. The van der Waals surface area contributed by atoms with Crippen LogP contribution in [0.15, 0.2) is 35.8 Å². The number of fused-ring (bicyclic) bond motifs is 1. The Balaban J connectivity index is 1.25. The Morgan fingerprint density at radius 3 is 2.84 bits per heavy atom. The lowest BCUT2D eigenvalue weighted by molar-refractivity contribution is -0.104. The molecule has 5 rings (SSSR count). The fourth-order valence-corrected chi connectivity index (χ4v) is 7.18. The highest BCUT2D eigenvalue weighted by molar-refractivity contribution is 7.10. The lowest BCUT2D eigenvalue weighted by Crippen LogP contribution is -2.47. The summed E-state index contributed by atoms with van der Waals surface area (Å²) in [5, 5.41) is 5.96. The molecule has 1 N–H and O–H groups in total. The van der Waals surface area contributed by atoms with E-state index in [4.69, 9.17) is 14.5 Å². The number of rotatable bonds is 7. The van der Waals surface area contributed by atoms with Gasteiger partial charge < -0.3 is 19.7 Å². The average molecular weight is 456 g/mol. The summed E-state index contributed by atoms with van der Waals surface area (Å²) >= 11 is 1.83. The molecule has 0 amide bonds. The van der Waals surface area contributed by atoms with Crippen molar-refractivity contribution in [2.45, 2.75) is 68.1 Å². The van der Waals surface area contributed by atoms with Crippen LogP contribution in [0.25, 0.3) is 0 Å². The van der Waals surface area contributed by atoms with Crippen LogP contribution >= 0.6 is 11.3 Å². The second-order valence-corrected chi connectivity index (χ2v) is 11.1. The molecule has 2 fully saturated rings. The maximum Gasteiger partial charge on any atom is 0.104 e. The molecular weight excluding hydrogens is 418 g/mol. The summed E-state index contributed by atoms with van der Waals surface area (Å²) in [6.45, 7) is 3.46. The zero-order valence-corrected chi connectivity index (χ0v) is 20.3. The monoisotopic (exact) mass is 455 g/mol. The Hall–Kier alpha value is -1.31. The first-order valence-corrected chi connectivity index (χ1v) is 13.1. The first-order chi connectivity index (χ1) is 15.6. The number of likely N-dealkylation sites (N-methyl/N-ethyl adjacent to an activating group) is 1. The Labute approximate surface area is 196 Å². The highest BCUT2D eigenvalue weighted by Gasteiger charge is 2.48. The molecule has 3 atom stereocenters. The molecule has 0 bridgehead atoms. The Bertz CT molecular complexity index is 880. The minimum absolute atomic E-state index is 0.0787. The SMILES string of the molecule is CN(C)C1COC(CNCC[C@@]2(c3ccccn3)CCOC3(CCCC3)C2)c2sccc21. The van der Waals surface area contributed by atoms with E-state index in [1.807, 2.05) is 23.6 Å². The van der Waals surface area contributed by atoms with Gasteiger partial charge >= 0.3 is 0 Å². The van der Waals surface area contributed by atoms with Crippen molar-refractivity contribution < 1.29 is 9.47 Å². The Kier molecular flexibility index (Phi) is 6.68. The molecule has 0 radical (unpaired) electrons. The van der Waals surface area contributed by atoms with Crippen molar-refractivity contribution in [2.24, 2.45) is 0 Å². The standard InChI is InChI=1S/C26H37N3O2S/c1-29(2)21-18-30-22(24-20(21)8-16-32-24)17-27-14-11-25(23-7-3-6-13-28-23)12-15-31-26(19-25)9-4-5-10-26/h3,6-8,13,16,21-22,27H,4-5,9-12,14-15,17-19H2,1-2H3/t21?,22?,25-/m1/s1. The number of nitrogens with one attached hydrogen (secondary N) is 1. The van der Waals surface area contributed by atoms with Gasteiger partial charge in [-0.15, -0.1) is 11.3 Å². The van der Waals surface area contributed by atoms with Crippen LogP contribution in [-0.2, 0) is 14.9 Å². The maximum absolute atomic E-state index is 6.39. The number of thiophene rings is 1. The molecule has 174 valence electrons. The molecule has 32 heavy (non-hydrogen) atoms. The van der Waals surface area contributed by atoms with Crippen molar-refractivity contribution in [1.82, 2.24) is 15.2 Å². The molecular formula is C26H37N3O2S. The smallest absolute Gasteiger partial charge is 0.104 e. The highest BCUT2D eigenvalue weighted by Crippen LogP contribution is 2.49. The summed E-state index contributed by atoms with van der Waals surface area (Å²) in [6, 6.07) is 9.05. The maximum atomic E-state index is 6.39. The number of hydrogen-bond donors (Lipinski definition) is 1. The number of nitrogens with zero attached hydrogens (tertiary/aromatic N) is 2. The second-order valence-electron chi connectivity index (χ2n) is 10.2. The van der Waals surface area contributed by atoms with Gasteiger partial charge in [0.15, 0.2) is 0 Å². The van der Waals surface area contributed by atoms with Crippen LogP contribution < -0.4 is 5.32 Å². The highest BCUT2D eigenvalue weighted by atomic mass is 32.1. The third-order valence-electron chi connectivity index (χ3n) is 7.94. The number of ether oxygens (including phenoxy) is 2. The molecule has 5 nitrogen and oxygen atoms in total. The molecule has 1 spiro atoms. The first kappa shape index (κ1) is 22.5. The van der Waals surface area contributed by atoms with E-state index < -0.39 is 0 Å². The van der Waals surface area contributed by atoms with Crippen LogP contribution in [0.1, 0.15) is 73.2 Å². The van der Waals surface area contributed by atoms with Crippen LogP contribution in [-0.4, -0.2) is 55.9 Å². The lowest BCUT2D eigenvalue weighted by Gasteiger charge is -2.46. The van der Waals surface area contributed by atoms with Gasteiger partial charge in [0.2, 0.25) is 0 Å². The molecule has 3 aliphatic rings. The first-order valence-electron chi connectivity index (χ1n) is 12.2. The molecule has 2 aliphatic heterocycles. The van der Waals surface area contributed by atoms with Gasteiger partial charge in [-0.1, -0.05) is 18.9 Å². The van der Waals surface area contributed by atoms with Gasteiger partial charge in [-0.2, -0.15) is 0 Å².